The number of H-pyrrole nitrogens is 1. The van der Waals surface area contributed by atoms with Crippen LogP contribution in [0.3, 0.4) is 0 Å². The van der Waals surface area contributed by atoms with Crippen molar-refractivity contribution in [3.8, 4) is 0 Å². The zero-order chi connectivity index (χ0) is 15.9. The second-order valence-corrected chi connectivity index (χ2v) is 7.14. The van der Waals surface area contributed by atoms with Crippen LogP contribution >= 0.6 is 11.6 Å². The van der Waals surface area contributed by atoms with Gasteiger partial charge in [-0.05, 0) is 18.6 Å². The Morgan fingerprint density at radius 1 is 1.50 bits per heavy atom. The van der Waals surface area contributed by atoms with Crippen LogP contribution in [0.4, 0.5) is 5.69 Å². The van der Waals surface area contributed by atoms with Gasteiger partial charge in [0.25, 0.3) is 0 Å². The summed E-state index contributed by atoms with van der Waals surface area (Å²) in [5.41, 5.74) is 2.04. The van der Waals surface area contributed by atoms with E-state index in [0.29, 0.717) is 5.02 Å². The zero-order valence-electron chi connectivity index (χ0n) is 13.1. The third kappa shape index (κ3) is 2.77. The number of carbonyl (C=O) groups excluding carboxylic acids is 1. The Morgan fingerprint density at radius 3 is 2.95 bits per heavy atom. The molecule has 2 N–H and O–H groups in total. The van der Waals surface area contributed by atoms with E-state index in [-0.39, 0.29) is 17.4 Å². The Labute approximate surface area is 135 Å². The molecule has 0 saturated carbocycles. The predicted molar refractivity (Wildman–Crippen MR) is 89.3 cm³/mol. The van der Waals surface area contributed by atoms with Crippen molar-refractivity contribution in [2.75, 3.05) is 18.0 Å². The van der Waals surface area contributed by atoms with Crippen LogP contribution in [0.15, 0.2) is 18.3 Å². The average Bonchev–Trinajstić information content (AvgIpc) is 2.87. The van der Waals surface area contributed by atoms with Crippen molar-refractivity contribution in [3.05, 3.63) is 23.4 Å². The minimum Gasteiger partial charge on any atom is -0.370 e. The van der Waals surface area contributed by atoms with Crippen molar-refractivity contribution in [2.24, 2.45) is 5.41 Å². The summed E-state index contributed by atoms with van der Waals surface area (Å²) in [7, 11) is 0. The fraction of sp³-hybridized carbons (Fsp3) is 0.500. The Balaban J connectivity index is 1.90. The summed E-state index contributed by atoms with van der Waals surface area (Å²) in [5.74, 6) is 0.0338. The lowest BCUT2D eigenvalue weighted by Gasteiger charge is -2.45. The number of aromatic nitrogens is 2. The monoisotopic (exact) mass is 320 g/mol. The van der Waals surface area contributed by atoms with Gasteiger partial charge in [-0.15, -0.1) is 0 Å². The minimum absolute atomic E-state index is 0.0116. The summed E-state index contributed by atoms with van der Waals surface area (Å²) in [6, 6.07) is 4.08. The fourth-order valence-electron chi connectivity index (χ4n) is 3.34. The highest BCUT2D eigenvalue weighted by atomic mass is 35.5. The van der Waals surface area contributed by atoms with Gasteiger partial charge < -0.3 is 10.2 Å². The van der Waals surface area contributed by atoms with Gasteiger partial charge in [-0.1, -0.05) is 25.4 Å². The molecule has 1 aliphatic heterocycles. The molecular weight excluding hydrogens is 300 g/mol. The molecule has 0 aliphatic carbocycles. The Morgan fingerprint density at radius 2 is 2.27 bits per heavy atom. The molecule has 1 aliphatic rings. The third-order valence-corrected chi connectivity index (χ3v) is 4.67. The van der Waals surface area contributed by atoms with Gasteiger partial charge in [-0.3, -0.25) is 9.89 Å². The maximum absolute atomic E-state index is 11.4. The van der Waals surface area contributed by atoms with Gasteiger partial charge in [0.15, 0.2) is 0 Å². The Hall–Kier alpha value is -1.75. The number of anilines is 1. The molecule has 118 valence electrons. The lowest BCUT2D eigenvalue weighted by atomic mass is 9.78. The zero-order valence-corrected chi connectivity index (χ0v) is 13.9. The molecule has 1 saturated heterocycles. The highest BCUT2D eigenvalue weighted by Gasteiger charge is 2.36. The fourth-order valence-corrected chi connectivity index (χ4v) is 3.55. The van der Waals surface area contributed by atoms with Crippen molar-refractivity contribution in [3.63, 3.8) is 0 Å². The van der Waals surface area contributed by atoms with E-state index in [0.717, 1.165) is 36.1 Å². The van der Waals surface area contributed by atoms with E-state index >= 15 is 0 Å². The topological polar surface area (TPSA) is 61.0 Å². The first-order valence-corrected chi connectivity index (χ1v) is 7.89. The first-order valence-electron chi connectivity index (χ1n) is 7.51. The molecule has 2 heterocycles. The van der Waals surface area contributed by atoms with Crippen LogP contribution in [0.25, 0.3) is 10.9 Å². The molecule has 1 aromatic heterocycles. The van der Waals surface area contributed by atoms with Gasteiger partial charge in [0.1, 0.15) is 0 Å². The normalized spacial score (nSPS) is 21.1. The standard InChI is InChI=1S/C16H21ClN4O/c1-10(22)19-15-4-5-21(9-16(15,2)3)14-7-11(17)6-13-12(14)8-18-20-13/h6-8,15H,4-5,9H2,1-3H3,(H,18,20)(H,19,22). The number of carbonyl (C=O) groups is 1. The summed E-state index contributed by atoms with van der Waals surface area (Å²) in [6.07, 6.45) is 2.76. The van der Waals surface area contributed by atoms with Gasteiger partial charge in [0, 0.05) is 47.6 Å². The first-order chi connectivity index (χ1) is 10.4. The second kappa shape index (κ2) is 5.47. The van der Waals surface area contributed by atoms with E-state index in [9.17, 15) is 4.79 Å². The number of piperidine rings is 1. The van der Waals surface area contributed by atoms with Crippen molar-refractivity contribution >= 4 is 34.1 Å². The molecule has 0 bridgehead atoms. The Kier molecular flexibility index (Phi) is 3.77. The van der Waals surface area contributed by atoms with Crippen LogP contribution < -0.4 is 10.2 Å². The number of benzene rings is 1. The third-order valence-electron chi connectivity index (χ3n) is 4.45. The predicted octanol–water partition coefficient (Wildman–Crippen LogP) is 2.96. The number of aromatic amines is 1. The number of amides is 1. The van der Waals surface area contributed by atoms with Crippen LogP contribution in [0, 0.1) is 5.41 Å². The van der Waals surface area contributed by atoms with Crippen LogP contribution in [-0.4, -0.2) is 35.2 Å². The van der Waals surface area contributed by atoms with E-state index in [1.54, 1.807) is 6.92 Å². The van der Waals surface area contributed by atoms with Crippen molar-refractivity contribution in [1.82, 2.24) is 15.5 Å². The second-order valence-electron chi connectivity index (χ2n) is 6.71. The van der Waals surface area contributed by atoms with Gasteiger partial charge in [0.05, 0.1) is 11.7 Å². The van der Waals surface area contributed by atoms with Crippen molar-refractivity contribution < 1.29 is 4.79 Å². The number of nitrogens with zero attached hydrogens (tertiary/aromatic N) is 2. The van der Waals surface area contributed by atoms with E-state index in [1.165, 1.54) is 0 Å². The lowest BCUT2D eigenvalue weighted by molar-refractivity contribution is -0.120. The number of halogens is 1. The minimum atomic E-state index is -0.0116. The molecule has 5 nitrogen and oxygen atoms in total. The van der Waals surface area contributed by atoms with Crippen molar-refractivity contribution in [1.29, 1.82) is 0 Å². The number of hydrogen-bond donors (Lipinski definition) is 2. The molecule has 0 radical (unpaired) electrons. The summed E-state index contributed by atoms with van der Waals surface area (Å²) in [6.45, 7) is 7.70. The highest BCUT2D eigenvalue weighted by Crippen LogP contribution is 2.36. The molecule has 3 rings (SSSR count). The maximum Gasteiger partial charge on any atom is 0.217 e. The number of hydrogen-bond acceptors (Lipinski definition) is 3. The van der Waals surface area contributed by atoms with E-state index in [1.807, 2.05) is 18.3 Å². The quantitative estimate of drug-likeness (QED) is 0.894. The van der Waals surface area contributed by atoms with E-state index < -0.39 is 0 Å². The van der Waals surface area contributed by atoms with Crippen molar-refractivity contribution in [2.45, 2.75) is 33.2 Å². The highest BCUT2D eigenvalue weighted by molar-refractivity contribution is 6.31. The van der Waals surface area contributed by atoms with Crippen LogP contribution in [0.5, 0.6) is 0 Å². The van der Waals surface area contributed by atoms with Gasteiger partial charge >= 0.3 is 0 Å². The van der Waals surface area contributed by atoms with E-state index in [4.69, 9.17) is 11.6 Å². The molecule has 2 aromatic rings. The number of rotatable bonds is 2. The molecule has 1 fully saturated rings. The molecule has 6 heteroatoms. The van der Waals surface area contributed by atoms with Crippen LogP contribution in [0.1, 0.15) is 27.2 Å². The molecule has 1 atom stereocenters. The molecular formula is C16H21ClN4O. The summed E-state index contributed by atoms with van der Waals surface area (Å²) in [4.78, 5) is 13.7. The molecule has 0 spiro atoms. The molecule has 22 heavy (non-hydrogen) atoms. The smallest absolute Gasteiger partial charge is 0.217 e. The van der Waals surface area contributed by atoms with Gasteiger partial charge in [-0.2, -0.15) is 5.10 Å². The SMILES string of the molecule is CC(=O)NC1CCN(c2cc(Cl)cc3[nH]ncc23)CC1(C)C. The first kappa shape index (κ1) is 15.2. The van der Waals surface area contributed by atoms with E-state index in [2.05, 4.69) is 34.3 Å². The molecule has 1 aromatic carbocycles. The maximum atomic E-state index is 11.4. The summed E-state index contributed by atoms with van der Waals surface area (Å²) >= 11 is 6.24. The summed E-state index contributed by atoms with van der Waals surface area (Å²) < 4.78 is 0. The van der Waals surface area contributed by atoms with Gasteiger partial charge in [-0.25, -0.2) is 0 Å². The average molecular weight is 321 g/mol. The molecule has 1 amide bonds. The summed E-state index contributed by atoms with van der Waals surface area (Å²) in [5, 5.41) is 12.0. The van der Waals surface area contributed by atoms with Crippen LogP contribution in [0.2, 0.25) is 5.02 Å². The largest absolute Gasteiger partial charge is 0.370 e. The number of nitrogens with one attached hydrogen (secondary N) is 2. The Bertz CT molecular complexity index is 709. The van der Waals surface area contributed by atoms with Gasteiger partial charge in [0.2, 0.25) is 5.91 Å². The number of fused-ring (bicyclic) bond motifs is 1. The lowest BCUT2D eigenvalue weighted by Crippen LogP contribution is -2.55. The van der Waals surface area contributed by atoms with Crippen LogP contribution in [-0.2, 0) is 4.79 Å². The molecule has 1 unspecified atom stereocenters.